The van der Waals surface area contributed by atoms with Gasteiger partial charge in [-0.2, -0.15) is 0 Å². The molecule has 0 saturated carbocycles. The first-order valence-corrected chi connectivity index (χ1v) is 8.25. The number of nitrogens with one attached hydrogen (secondary N) is 1. The van der Waals surface area contributed by atoms with Crippen LogP contribution in [0.3, 0.4) is 0 Å². The summed E-state index contributed by atoms with van der Waals surface area (Å²) in [7, 11) is 1.70. The zero-order valence-electron chi connectivity index (χ0n) is 13.4. The van der Waals surface area contributed by atoms with Gasteiger partial charge in [-0.1, -0.05) is 32.9 Å². The Hall–Kier alpha value is -1.72. The van der Waals surface area contributed by atoms with Crippen LogP contribution in [-0.2, 0) is 9.53 Å². The Morgan fingerprint density at radius 1 is 1.27 bits per heavy atom. The van der Waals surface area contributed by atoms with Crippen LogP contribution in [0.5, 0.6) is 0 Å². The smallest absolute Gasteiger partial charge is 0.226 e. The first-order valence-electron chi connectivity index (χ1n) is 7.37. The van der Waals surface area contributed by atoms with Gasteiger partial charge < -0.3 is 10.1 Å². The monoisotopic (exact) mass is 318 g/mol. The third-order valence-electron chi connectivity index (χ3n) is 3.33. The molecule has 1 unspecified atom stereocenters. The van der Waals surface area contributed by atoms with Crippen LogP contribution in [0.2, 0.25) is 0 Å². The maximum absolute atomic E-state index is 11.7. The van der Waals surface area contributed by atoms with Crippen molar-refractivity contribution in [3.8, 4) is 11.3 Å². The number of hydrogen-bond donors (Lipinski definition) is 1. The Labute approximate surface area is 135 Å². The van der Waals surface area contributed by atoms with Crippen LogP contribution in [0, 0.1) is 5.92 Å². The van der Waals surface area contributed by atoms with E-state index in [1.807, 2.05) is 38.1 Å². The number of carbonyl (C=O) groups excluding carboxylic acids is 1. The van der Waals surface area contributed by atoms with E-state index in [0.717, 1.165) is 22.0 Å². The van der Waals surface area contributed by atoms with E-state index < -0.39 is 0 Å². The van der Waals surface area contributed by atoms with Crippen molar-refractivity contribution in [2.75, 3.05) is 19.0 Å². The topological polar surface area (TPSA) is 51.2 Å². The minimum Gasteiger partial charge on any atom is -0.384 e. The molecule has 0 spiro atoms. The number of aromatic nitrogens is 1. The molecule has 22 heavy (non-hydrogen) atoms. The molecule has 1 amide bonds. The summed E-state index contributed by atoms with van der Waals surface area (Å²) in [5.74, 6) is 0.300. The summed E-state index contributed by atoms with van der Waals surface area (Å²) in [4.78, 5) is 16.3. The quantitative estimate of drug-likeness (QED) is 0.870. The van der Waals surface area contributed by atoms with E-state index in [2.05, 4.69) is 22.6 Å². The Morgan fingerprint density at radius 2 is 1.95 bits per heavy atom. The zero-order valence-corrected chi connectivity index (χ0v) is 14.2. The second-order valence-corrected chi connectivity index (χ2v) is 6.54. The fraction of sp³-hybridized carbons (Fsp3) is 0.412. The van der Waals surface area contributed by atoms with Crippen LogP contribution in [0.4, 0.5) is 5.69 Å². The third-order valence-corrected chi connectivity index (χ3v) is 4.41. The first kappa shape index (κ1) is 16.6. The normalized spacial score (nSPS) is 12.4. The van der Waals surface area contributed by atoms with Crippen molar-refractivity contribution >= 4 is 22.9 Å². The number of ether oxygens (including phenoxy) is 1. The van der Waals surface area contributed by atoms with Gasteiger partial charge in [0.1, 0.15) is 0 Å². The highest BCUT2D eigenvalue weighted by Gasteiger charge is 2.12. The number of hydrogen-bond acceptors (Lipinski definition) is 4. The predicted octanol–water partition coefficient (Wildman–Crippen LogP) is 4.15. The molecule has 0 saturated heterocycles. The van der Waals surface area contributed by atoms with Gasteiger partial charge in [0.15, 0.2) is 0 Å². The molecule has 118 valence electrons. The average molecular weight is 318 g/mol. The summed E-state index contributed by atoms with van der Waals surface area (Å²) in [6, 6.07) is 7.78. The first-order chi connectivity index (χ1) is 10.5. The molecule has 1 N–H and O–H groups in total. The van der Waals surface area contributed by atoms with E-state index in [1.165, 1.54) is 0 Å². The van der Waals surface area contributed by atoms with E-state index in [-0.39, 0.29) is 11.8 Å². The van der Waals surface area contributed by atoms with Crippen molar-refractivity contribution in [3.05, 3.63) is 34.7 Å². The summed E-state index contributed by atoms with van der Waals surface area (Å²) >= 11 is 1.65. The fourth-order valence-electron chi connectivity index (χ4n) is 1.98. The minimum atomic E-state index is -0.0250. The highest BCUT2D eigenvalue weighted by atomic mass is 32.1. The molecule has 0 bridgehead atoms. The highest BCUT2D eigenvalue weighted by Crippen LogP contribution is 2.27. The number of carbonyl (C=O) groups is 1. The molecule has 0 radical (unpaired) electrons. The lowest BCUT2D eigenvalue weighted by molar-refractivity contribution is -0.118. The molecule has 1 aromatic heterocycles. The second-order valence-electron chi connectivity index (χ2n) is 5.65. The maximum Gasteiger partial charge on any atom is 0.226 e. The Bertz CT molecular complexity index is 620. The molecule has 0 aliphatic carbocycles. The van der Waals surface area contributed by atoms with Gasteiger partial charge in [-0.05, 0) is 12.1 Å². The number of thiazole rings is 1. The Morgan fingerprint density at radius 3 is 2.55 bits per heavy atom. The van der Waals surface area contributed by atoms with E-state index in [4.69, 9.17) is 4.74 Å². The van der Waals surface area contributed by atoms with Gasteiger partial charge in [0.2, 0.25) is 5.91 Å². The molecule has 0 aliphatic rings. The Balaban J connectivity index is 2.09. The Kier molecular flexibility index (Phi) is 5.69. The number of benzene rings is 1. The molecular formula is C17H22N2O2S. The molecule has 5 heteroatoms. The summed E-state index contributed by atoms with van der Waals surface area (Å²) in [5, 5.41) is 6.02. The van der Waals surface area contributed by atoms with Crippen LogP contribution in [-0.4, -0.2) is 24.6 Å². The molecule has 1 heterocycles. The van der Waals surface area contributed by atoms with Crippen molar-refractivity contribution in [2.45, 2.75) is 26.7 Å². The summed E-state index contributed by atoms with van der Waals surface area (Å²) < 4.78 is 5.17. The van der Waals surface area contributed by atoms with Gasteiger partial charge in [0.25, 0.3) is 0 Å². The molecule has 0 fully saturated rings. The molecule has 2 aromatic rings. The lowest BCUT2D eigenvalue weighted by atomic mass is 10.1. The van der Waals surface area contributed by atoms with Gasteiger partial charge >= 0.3 is 0 Å². The molecular weight excluding hydrogens is 296 g/mol. The van der Waals surface area contributed by atoms with Crippen LogP contribution in [0.1, 0.15) is 31.7 Å². The van der Waals surface area contributed by atoms with Crippen LogP contribution in [0.25, 0.3) is 11.3 Å². The van der Waals surface area contributed by atoms with Crippen molar-refractivity contribution in [1.82, 2.24) is 4.98 Å². The average Bonchev–Trinajstić information content (AvgIpc) is 2.98. The third kappa shape index (κ3) is 4.15. The number of amides is 1. The number of rotatable bonds is 6. The van der Waals surface area contributed by atoms with Crippen molar-refractivity contribution in [2.24, 2.45) is 5.92 Å². The van der Waals surface area contributed by atoms with E-state index in [1.54, 1.807) is 18.4 Å². The summed E-state index contributed by atoms with van der Waals surface area (Å²) in [6.45, 7) is 6.53. The van der Waals surface area contributed by atoms with Crippen LogP contribution >= 0.6 is 11.3 Å². The van der Waals surface area contributed by atoms with Gasteiger partial charge in [-0.3, -0.25) is 4.79 Å². The molecule has 1 atom stereocenters. The summed E-state index contributed by atoms with van der Waals surface area (Å²) in [5.41, 5.74) is 2.82. The van der Waals surface area contributed by atoms with Crippen molar-refractivity contribution in [1.29, 1.82) is 0 Å². The molecule has 2 rings (SSSR count). The highest BCUT2D eigenvalue weighted by molar-refractivity contribution is 7.10. The number of anilines is 1. The van der Waals surface area contributed by atoms with Crippen LogP contribution < -0.4 is 5.32 Å². The predicted molar refractivity (Wildman–Crippen MR) is 91.3 cm³/mol. The largest absolute Gasteiger partial charge is 0.384 e. The van der Waals surface area contributed by atoms with Gasteiger partial charge in [-0.15, -0.1) is 11.3 Å². The lowest BCUT2D eigenvalue weighted by Crippen LogP contribution is -2.17. The maximum atomic E-state index is 11.7. The van der Waals surface area contributed by atoms with E-state index in [0.29, 0.717) is 12.5 Å². The van der Waals surface area contributed by atoms with Crippen molar-refractivity contribution < 1.29 is 9.53 Å². The molecule has 4 nitrogen and oxygen atoms in total. The second kappa shape index (κ2) is 7.51. The molecule has 1 aromatic carbocycles. The lowest BCUT2D eigenvalue weighted by Gasteiger charge is -2.08. The standard InChI is InChI=1S/C17H22N2O2S/c1-11(2)16(20)18-14-7-5-13(6-8-14)15-10-22-17(19-15)12(3)9-21-4/h5-8,10-12H,9H2,1-4H3,(H,18,20). The van der Waals surface area contributed by atoms with Gasteiger partial charge in [0, 0.05) is 35.6 Å². The molecule has 0 aliphatic heterocycles. The SMILES string of the molecule is COCC(C)c1nc(-c2ccc(NC(=O)C(C)C)cc2)cs1. The van der Waals surface area contributed by atoms with E-state index >= 15 is 0 Å². The fourth-order valence-corrected chi connectivity index (χ4v) is 2.85. The minimum absolute atomic E-state index is 0.0250. The van der Waals surface area contributed by atoms with Gasteiger partial charge in [-0.25, -0.2) is 4.98 Å². The number of methoxy groups -OCH3 is 1. The van der Waals surface area contributed by atoms with E-state index in [9.17, 15) is 4.79 Å². The summed E-state index contributed by atoms with van der Waals surface area (Å²) in [6.07, 6.45) is 0. The number of nitrogens with zero attached hydrogens (tertiary/aromatic N) is 1. The van der Waals surface area contributed by atoms with Gasteiger partial charge in [0.05, 0.1) is 17.3 Å². The van der Waals surface area contributed by atoms with Crippen LogP contribution in [0.15, 0.2) is 29.6 Å². The van der Waals surface area contributed by atoms with Crippen molar-refractivity contribution in [3.63, 3.8) is 0 Å². The zero-order chi connectivity index (χ0) is 16.1.